The Hall–Kier alpha value is -2.36. The predicted molar refractivity (Wildman–Crippen MR) is 84.6 cm³/mol. The van der Waals surface area contributed by atoms with E-state index in [1.807, 2.05) is 12.4 Å². The molecule has 1 aliphatic rings. The number of aryl methyl sites for hydroxylation is 1. The van der Waals surface area contributed by atoms with Crippen molar-refractivity contribution in [3.8, 4) is 0 Å². The SMILES string of the molecule is Cc1cnn(C2CCN(c3nccc4ccccc34)C2)c1. The van der Waals surface area contributed by atoms with Gasteiger partial charge in [0.25, 0.3) is 0 Å². The number of benzene rings is 1. The van der Waals surface area contributed by atoms with Gasteiger partial charge in [-0.05, 0) is 30.4 Å². The third-order valence-corrected chi connectivity index (χ3v) is 4.22. The molecule has 4 heteroatoms. The number of pyridine rings is 1. The van der Waals surface area contributed by atoms with Gasteiger partial charge in [0.1, 0.15) is 5.82 Å². The molecule has 0 aliphatic carbocycles. The summed E-state index contributed by atoms with van der Waals surface area (Å²) < 4.78 is 2.10. The standard InChI is InChI=1S/C17H18N4/c1-13-10-19-21(11-13)15-7-9-20(12-15)17-16-5-3-2-4-14(16)6-8-18-17/h2-6,8,10-11,15H,7,9,12H2,1H3. The van der Waals surface area contributed by atoms with Gasteiger partial charge in [-0.25, -0.2) is 4.98 Å². The summed E-state index contributed by atoms with van der Waals surface area (Å²) >= 11 is 0. The van der Waals surface area contributed by atoms with E-state index in [4.69, 9.17) is 0 Å². The van der Waals surface area contributed by atoms with Crippen LogP contribution in [0.1, 0.15) is 18.0 Å². The van der Waals surface area contributed by atoms with Crippen molar-refractivity contribution in [1.29, 1.82) is 0 Å². The number of fused-ring (bicyclic) bond motifs is 1. The molecule has 3 aromatic rings. The molecule has 4 rings (SSSR count). The molecule has 1 aromatic carbocycles. The van der Waals surface area contributed by atoms with Crippen molar-refractivity contribution in [1.82, 2.24) is 14.8 Å². The second-order valence-electron chi connectivity index (χ2n) is 5.74. The number of hydrogen-bond acceptors (Lipinski definition) is 3. The smallest absolute Gasteiger partial charge is 0.136 e. The van der Waals surface area contributed by atoms with Crippen molar-refractivity contribution in [2.45, 2.75) is 19.4 Å². The summed E-state index contributed by atoms with van der Waals surface area (Å²) in [6.07, 6.45) is 7.08. The Morgan fingerprint density at radius 2 is 2.10 bits per heavy atom. The predicted octanol–water partition coefficient (Wildman–Crippen LogP) is 3.19. The Balaban J connectivity index is 1.65. The average Bonchev–Trinajstić information content (AvgIpc) is 3.15. The maximum absolute atomic E-state index is 4.62. The van der Waals surface area contributed by atoms with E-state index in [-0.39, 0.29) is 0 Å². The van der Waals surface area contributed by atoms with Crippen molar-refractivity contribution >= 4 is 16.6 Å². The quantitative estimate of drug-likeness (QED) is 0.722. The Morgan fingerprint density at radius 3 is 2.95 bits per heavy atom. The topological polar surface area (TPSA) is 34.0 Å². The second-order valence-corrected chi connectivity index (χ2v) is 5.74. The highest BCUT2D eigenvalue weighted by Crippen LogP contribution is 2.30. The molecule has 1 saturated heterocycles. The van der Waals surface area contributed by atoms with Crippen molar-refractivity contribution in [2.75, 3.05) is 18.0 Å². The zero-order valence-corrected chi connectivity index (χ0v) is 12.1. The van der Waals surface area contributed by atoms with E-state index in [0.717, 1.165) is 25.3 Å². The normalized spacial score (nSPS) is 18.5. The first-order valence-electron chi connectivity index (χ1n) is 7.41. The van der Waals surface area contributed by atoms with Gasteiger partial charge in [-0.2, -0.15) is 5.10 Å². The zero-order valence-electron chi connectivity index (χ0n) is 12.1. The lowest BCUT2D eigenvalue weighted by atomic mass is 10.1. The lowest BCUT2D eigenvalue weighted by Gasteiger charge is -2.19. The molecule has 0 amide bonds. The van der Waals surface area contributed by atoms with Gasteiger partial charge in [0, 0.05) is 30.9 Å². The molecule has 1 unspecified atom stereocenters. The van der Waals surface area contributed by atoms with Crippen LogP contribution in [0.4, 0.5) is 5.82 Å². The highest BCUT2D eigenvalue weighted by Gasteiger charge is 2.26. The van der Waals surface area contributed by atoms with Crippen molar-refractivity contribution in [3.63, 3.8) is 0 Å². The summed E-state index contributed by atoms with van der Waals surface area (Å²) in [5.74, 6) is 1.10. The largest absolute Gasteiger partial charge is 0.354 e. The number of anilines is 1. The third kappa shape index (κ3) is 2.17. The van der Waals surface area contributed by atoms with Gasteiger partial charge in [0.2, 0.25) is 0 Å². The first-order chi connectivity index (χ1) is 10.3. The van der Waals surface area contributed by atoms with E-state index in [2.05, 4.69) is 63.1 Å². The van der Waals surface area contributed by atoms with Crippen molar-refractivity contribution in [3.05, 3.63) is 54.5 Å². The van der Waals surface area contributed by atoms with Crippen LogP contribution in [0.3, 0.4) is 0 Å². The Morgan fingerprint density at radius 1 is 1.19 bits per heavy atom. The molecule has 106 valence electrons. The van der Waals surface area contributed by atoms with E-state index >= 15 is 0 Å². The molecule has 2 aromatic heterocycles. The van der Waals surface area contributed by atoms with Crippen LogP contribution in [0.2, 0.25) is 0 Å². The van der Waals surface area contributed by atoms with E-state index in [1.54, 1.807) is 0 Å². The number of hydrogen-bond donors (Lipinski definition) is 0. The van der Waals surface area contributed by atoms with Crippen LogP contribution in [0.15, 0.2) is 48.9 Å². The van der Waals surface area contributed by atoms with E-state index < -0.39 is 0 Å². The Bertz CT molecular complexity index is 772. The molecule has 1 aliphatic heterocycles. The molecule has 4 nitrogen and oxygen atoms in total. The fourth-order valence-corrected chi connectivity index (χ4v) is 3.14. The van der Waals surface area contributed by atoms with Crippen LogP contribution < -0.4 is 4.90 Å². The molecule has 0 saturated carbocycles. The fraction of sp³-hybridized carbons (Fsp3) is 0.294. The van der Waals surface area contributed by atoms with Crippen LogP contribution in [0, 0.1) is 6.92 Å². The Kier molecular flexibility index (Phi) is 2.88. The summed E-state index contributed by atoms with van der Waals surface area (Å²) in [7, 11) is 0. The van der Waals surface area contributed by atoms with Gasteiger partial charge < -0.3 is 4.90 Å². The summed E-state index contributed by atoms with van der Waals surface area (Å²) in [4.78, 5) is 7.00. The first kappa shape index (κ1) is 12.4. The van der Waals surface area contributed by atoms with Crippen LogP contribution in [0.5, 0.6) is 0 Å². The minimum atomic E-state index is 0.444. The van der Waals surface area contributed by atoms with Gasteiger partial charge in [-0.3, -0.25) is 4.68 Å². The summed E-state index contributed by atoms with van der Waals surface area (Å²) in [5, 5.41) is 6.94. The summed E-state index contributed by atoms with van der Waals surface area (Å²) in [6.45, 7) is 4.09. The fourth-order valence-electron chi connectivity index (χ4n) is 3.14. The molecular weight excluding hydrogens is 260 g/mol. The van der Waals surface area contributed by atoms with Crippen LogP contribution in [0.25, 0.3) is 10.8 Å². The highest BCUT2D eigenvalue weighted by atomic mass is 15.3. The number of nitrogens with zero attached hydrogens (tertiary/aromatic N) is 4. The van der Waals surface area contributed by atoms with E-state index in [1.165, 1.54) is 16.3 Å². The van der Waals surface area contributed by atoms with Gasteiger partial charge in [0.05, 0.1) is 12.2 Å². The van der Waals surface area contributed by atoms with Crippen LogP contribution in [-0.4, -0.2) is 27.9 Å². The molecular formula is C17H18N4. The minimum absolute atomic E-state index is 0.444. The third-order valence-electron chi connectivity index (χ3n) is 4.22. The lowest BCUT2D eigenvalue weighted by molar-refractivity contribution is 0.494. The van der Waals surface area contributed by atoms with E-state index in [9.17, 15) is 0 Å². The van der Waals surface area contributed by atoms with Gasteiger partial charge >= 0.3 is 0 Å². The molecule has 0 N–H and O–H groups in total. The molecule has 1 atom stereocenters. The molecule has 0 spiro atoms. The van der Waals surface area contributed by atoms with Crippen molar-refractivity contribution < 1.29 is 0 Å². The molecule has 3 heterocycles. The van der Waals surface area contributed by atoms with Gasteiger partial charge in [0.15, 0.2) is 0 Å². The van der Waals surface area contributed by atoms with Gasteiger partial charge in [-0.15, -0.1) is 0 Å². The summed E-state index contributed by atoms with van der Waals surface area (Å²) in [5.41, 5.74) is 1.22. The second kappa shape index (κ2) is 4.88. The number of rotatable bonds is 2. The van der Waals surface area contributed by atoms with Gasteiger partial charge in [-0.1, -0.05) is 24.3 Å². The average molecular weight is 278 g/mol. The maximum atomic E-state index is 4.62. The van der Waals surface area contributed by atoms with Crippen LogP contribution in [-0.2, 0) is 0 Å². The minimum Gasteiger partial charge on any atom is -0.354 e. The number of aromatic nitrogens is 3. The molecule has 0 radical (unpaired) electrons. The van der Waals surface area contributed by atoms with Crippen LogP contribution >= 0.6 is 0 Å². The van der Waals surface area contributed by atoms with Crippen molar-refractivity contribution in [2.24, 2.45) is 0 Å². The first-order valence-corrected chi connectivity index (χ1v) is 7.41. The zero-order chi connectivity index (χ0) is 14.2. The Labute approximate surface area is 124 Å². The molecule has 21 heavy (non-hydrogen) atoms. The molecule has 1 fully saturated rings. The highest BCUT2D eigenvalue weighted by molar-refractivity contribution is 5.92. The monoisotopic (exact) mass is 278 g/mol. The maximum Gasteiger partial charge on any atom is 0.136 e. The summed E-state index contributed by atoms with van der Waals surface area (Å²) in [6, 6.07) is 11.0. The van der Waals surface area contributed by atoms with E-state index in [0.29, 0.717) is 6.04 Å². The molecule has 0 bridgehead atoms. The lowest BCUT2D eigenvalue weighted by Crippen LogP contribution is -2.22.